The molecule has 0 aliphatic carbocycles. The maximum absolute atomic E-state index is 12.6. The van der Waals surface area contributed by atoms with Crippen molar-refractivity contribution in [2.45, 2.75) is 38.4 Å². The van der Waals surface area contributed by atoms with Crippen LogP contribution in [0.4, 0.5) is 0 Å². The zero-order chi connectivity index (χ0) is 17.9. The van der Waals surface area contributed by atoms with Gasteiger partial charge in [-0.25, -0.2) is 4.68 Å². The van der Waals surface area contributed by atoms with Gasteiger partial charge in [0.15, 0.2) is 0 Å². The molecule has 2 aliphatic rings. The molecule has 1 aromatic heterocycles. The molecule has 138 valence electrons. The highest BCUT2D eigenvalue weighted by molar-refractivity contribution is 5.94. The SMILES string of the molecule is Cc1nnnn1Cc1ccc(C(=O)N[C@H]2COC[C@@H]2N2CCCC2)cc1. The lowest BCUT2D eigenvalue weighted by atomic mass is 10.1. The first-order valence-electron chi connectivity index (χ1n) is 9.15. The van der Waals surface area contributed by atoms with Crippen LogP contribution >= 0.6 is 0 Å². The molecule has 8 nitrogen and oxygen atoms in total. The monoisotopic (exact) mass is 356 g/mol. The largest absolute Gasteiger partial charge is 0.378 e. The lowest BCUT2D eigenvalue weighted by Crippen LogP contribution is -2.50. The van der Waals surface area contributed by atoms with E-state index < -0.39 is 0 Å². The van der Waals surface area contributed by atoms with E-state index in [9.17, 15) is 4.79 Å². The third kappa shape index (κ3) is 3.61. The van der Waals surface area contributed by atoms with Crippen molar-refractivity contribution < 1.29 is 9.53 Å². The Morgan fingerprint density at radius 3 is 2.69 bits per heavy atom. The van der Waals surface area contributed by atoms with E-state index in [1.807, 2.05) is 31.2 Å². The number of tetrazole rings is 1. The van der Waals surface area contributed by atoms with Crippen LogP contribution in [0.5, 0.6) is 0 Å². The van der Waals surface area contributed by atoms with Gasteiger partial charge in [0.25, 0.3) is 5.91 Å². The maximum Gasteiger partial charge on any atom is 0.251 e. The van der Waals surface area contributed by atoms with Crippen LogP contribution in [0.1, 0.15) is 34.6 Å². The third-order valence-corrected chi connectivity index (χ3v) is 5.24. The Hall–Kier alpha value is -2.32. The van der Waals surface area contributed by atoms with Crippen molar-refractivity contribution in [3.8, 4) is 0 Å². The number of nitrogens with zero attached hydrogens (tertiary/aromatic N) is 5. The molecule has 1 aromatic carbocycles. The molecule has 2 saturated heterocycles. The first-order valence-corrected chi connectivity index (χ1v) is 9.15. The number of likely N-dealkylation sites (tertiary alicyclic amines) is 1. The van der Waals surface area contributed by atoms with E-state index in [1.165, 1.54) is 12.8 Å². The highest BCUT2D eigenvalue weighted by Crippen LogP contribution is 2.19. The lowest BCUT2D eigenvalue weighted by molar-refractivity contribution is 0.0916. The van der Waals surface area contributed by atoms with Crippen LogP contribution in [0.3, 0.4) is 0 Å². The number of carbonyl (C=O) groups is 1. The van der Waals surface area contributed by atoms with Crippen LogP contribution in [0.2, 0.25) is 0 Å². The predicted molar refractivity (Wildman–Crippen MR) is 94.8 cm³/mol. The Kier molecular flexibility index (Phi) is 4.94. The fraction of sp³-hybridized carbons (Fsp3) is 0.556. The van der Waals surface area contributed by atoms with Crippen LogP contribution in [0.25, 0.3) is 0 Å². The van der Waals surface area contributed by atoms with Crippen molar-refractivity contribution in [2.75, 3.05) is 26.3 Å². The molecular weight excluding hydrogens is 332 g/mol. The summed E-state index contributed by atoms with van der Waals surface area (Å²) in [5, 5.41) is 14.6. The van der Waals surface area contributed by atoms with Gasteiger partial charge in [0, 0.05) is 5.56 Å². The molecular formula is C18H24N6O2. The summed E-state index contributed by atoms with van der Waals surface area (Å²) in [5.74, 6) is 0.718. The number of ether oxygens (including phenoxy) is 1. The molecule has 4 rings (SSSR count). The maximum atomic E-state index is 12.6. The summed E-state index contributed by atoms with van der Waals surface area (Å²) >= 11 is 0. The van der Waals surface area contributed by atoms with Crippen molar-refractivity contribution >= 4 is 5.91 Å². The summed E-state index contributed by atoms with van der Waals surface area (Å²) in [6.07, 6.45) is 2.47. The molecule has 2 fully saturated rings. The summed E-state index contributed by atoms with van der Waals surface area (Å²) in [5.41, 5.74) is 1.71. The zero-order valence-corrected chi connectivity index (χ0v) is 15.0. The average molecular weight is 356 g/mol. The van der Waals surface area contributed by atoms with Gasteiger partial charge in [-0.2, -0.15) is 0 Å². The molecule has 8 heteroatoms. The van der Waals surface area contributed by atoms with Gasteiger partial charge in [0.05, 0.1) is 31.8 Å². The predicted octanol–water partition coefficient (Wildman–Crippen LogP) is 0.623. The first kappa shape index (κ1) is 17.1. The minimum absolute atomic E-state index is 0.0464. The van der Waals surface area contributed by atoms with Gasteiger partial charge in [-0.15, -0.1) is 5.10 Å². The molecule has 2 aromatic rings. The smallest absolute Gasteiger partial charge is 0.251 e. The summed E-state index contributed by atoms with van der Waals surface area (Å²) in [7, 11) is 0. The Bertz CT molecular complexity index is 753. The molecule has 0 unspecified atom stereocenters. The number of aryl methyl sites for hydroxylation is 1. The van der Waals surface area contributed by atoms with E-state index in [0.717, 1.165) is 24.5 Å². The number of carbonyl (C=O) groups excluding carboxylic acids is 1. The summed E-state index contributed by atoms with van der Waals surface area (Å²) in [6.45, 7) is 5.95. The van der Waals surface area contributed by atoms with Crippen molar-refractivity contribution in [3.63, 3.8) is 0 Å². The molecule has 0 radical (unpaired) electrons. The van der Waals surface area contributed by atoms with Crippen LogP contribution < -0.4 is 5.32 Å². The zero-order valence-electron chi connectivity index (χ0n) is 15.0. The van der Waals surface area contributed by atoms with Gasteiger partial charge in [-0.3, -0.25) is 9.69 Å². The van der Waals surface area contributed by atoms with Crippen molar-refractivity contribution in [3.05, 3.63) is 41.2 Å². The van der Waals surface area contributed by atoms with Gasteiger partial charge >= 0.3 is 0 Å². The second kappa shape index (κ2) is 7.51. The number of nitrogens with one attached hydrogen (secondary N) is 1. The first-order chi connectivity index (χ1) is 12.7. The number of rotatable bonds is 5. The molecule has 26 heavy (non-hydrogen) atoms. The van der Waals surface area contributed by atoms with E-state index in [-0.39, 0.29) is 11.9 Å². The summed E-state index contributed by atoms with van der Waals surface area (Å²) in [4.78, 5) is 15.1. The van der Waals surface area contributed by atoms with E-state index in [0.29, 0.717) is 31.4 Å². The molecule has 0 saturated carbocycles. The summed E-state index contributed by atoms with van der Waals surface area (Å²) in [6, 6.07) is 7.95. The fourth-order valence-electron chi connectivity index (χ4n) is 3.70. The normalized spacial score (nSPS) is 23.4. The van der Waals surface area contributed by atoms with Crippen molar-refractivity contribution in [1.82, 2.24) is 30.4 Å². The minimum atomic E-state index is -0.0464. The Morgan fingerprint density at radius 2 is 2.00 bits per heavy atom. The number of benzene rings is 1. The molecule has 2 atom stereocenters. The number of aromatic nitrogens is 4. The highest BCUT2D eigenvalue weighted by atomic mass is 16.5. The topological polar surface area (TPSA) is 85.2 Å². The Balaban J connectivity index is 1.37. The molecule has 3 heterocycles. The molecule has 0 bridgehead atoms. The number of hydrogen-bond donors (Lipinski definition) is 1. The standard InChI is InChI=1S/C18H24N6O2/c1-13-20-21-22-24(13)10-14-4-6-15(7-5-14)18(25)19-16-11-26-12-17(16)23-8-2-3-9-23/h4-7,16-17H,2-3,8-12H2,1H3,(H,19,25)/t16-,17-/m0/s1. The van der Waals surface area contributed by atoms with Crippen LogP contribution in [0.15, 0.2) is 24.3 Å². The summed E-state index contributed by atoms with van der Waals surface area (Å²) < 4.78 is 7.36. The molecule has 0 spiro atoms. The quantitative estimate of drug-likeness (QED) is 0.846. The van der Waals surface area contributed by atoms with Crippen molar-refractivity contribution in [2.24, 2.45) is 0 Å². The van der Waals surface area contributed by atoms with E-state index in [2.05, 4.69) is 25.7 Å². The van der Waals surface area contributed by atoms with Gasteiger partial charge < -0.3 is 10.1 Å². The fourth-order valence-corrected chi connectivity index (χ4v) is 3.70. The Labute approximate surface area is 152 Å². The van der Waals surface area contributed by atoms with Crippen LogP contribution in [-0.4, -0.2) is 69.4 Å². The van der Waals surface area contributed by atoms with Gasteiger partial charge in [-0.1, -0.05) is 12.1 Å². The van der Waals surface area contributed by atoms with E-state index >= 15 is 0 Å². The second-order valence-corrected chi connectivity index (χ2v) is 7.01. The van der Waals surface area contributed by atoms with Gasteiger partial charge in [-0.05, 0) is 61.0 Å². The third-order valence-electron chi connectivity index (χ3n) is 5.24. The van der Waals surface area contributed by atoms with E-state index in [4.69, 9.17) is 4.74 Å². The second-order valence-electron chi connectivity index (χ2n) is 7.01. The number of amides is 1. The van der Waals surface area contributed by atoms with Crippen LogP contribution in [-0.2, 0) is 11.3 Å². The molecule has 1 amide bonds. The molecule has 1 N–H and O–H groups in total. The van der Waals surface area contributed by atoms with Gasteiger partial charge in [0.1, 0.15) is 5.82 Å². The van der Waals surface area contributed by atoms with Gasteiger partial charge in [0.2, 0.25) is 0 Å². The van der Waals surface area contributed by atoms with E-state index in [1.54, 1.807) is 4.68 Å². The van der Waals surface area contributed by atoms with Crippen molar-refractivity contribution in [1.29, 1.82) is 0 Å². The van der Waals surface area contributed by atoms with Crippen LogP contribution in [0, 0.1) is 6.92 Å². The Morgan fingerprint density at radius 1 is 1.23 bits per heavy atom. The lowest BCUT2D eigenvalue weighted by Gasteiger charge is -2.27. The number of hydrogen-bond acceptors (Lipinski definition) is 6. The average Bonchev–Trinajstić information content (AvgIpc) is 3.38. The molecule has 2 aliphatic heterocycles. The highest BCUT2D eigenvalue weighted by Gasteiger charge is 2.35. The minimum Gasteiger partial charge on any atom is -0.378 e.